The van der Waals surface area contributed by atoms with E-state index in [1.54, 1.807) is 7.05 Å². The van der Waals surface area contributed by atoms with Crippen LogP contribution >= 0.6 is 0 Å². The molecule has 1 heterocycles. The second-order valence-corrected chi connectivity index (χ2v) is 7.13. The van der Waals surface area contributed by atoms with E-state index in [2.05, 4.69) is 15.3 Å². The highest BCUT2D eigenvalue weighted by molar-refractivity contribution is 7.89. The molecular weight excluding hydrogens is 276 g/mol. The lowest BCUT2D eigenvalue weighted by Crippen LogP contribution is -2.35. The average molecular weight is 298 g/mol. The highest BCUT2D eigenvalue weighted by Gasteiger charge is 2.30. The van der Waals surface area contributed by atoms with Gasteiger partial charge < -0.3 is 5.32 Å². The first-order chi connectivity index (χ1) is 9.55. The van der Waals surface area contributed by atoms with Gasteiger partial charge in [0.15, 0.2) is 0 Å². The predicted molar refractivity (Wildman–Crippen MR) is 78.0 cm³/mol. The number of hydrogen-bond acceptors (Lipinski definition) is 5. The van der Waals surface area contributed by atoms with E-state index in [9.17, 15) is 8.42 Å². The summed E-state index contributed by atoms with van der Waals surface area (Å²) in [6, 6.07) is 0.109. The lowest BCUT2D eigenvalue weighted by molar-refractivity contribution is 0.372. The van der Waals surface area contributed by atoms with Crippen molar-refractivity contribution in [3.05, 3.63) is 12.4 Å². The quantitative estimate of drug-likeness (QED) is 0.867. The molecule has 6 nitrogen and oxygen atoms in total. The van der Waals surface area contributed by atoms with Crippen LogP contribution in [0.1, 0.15) is 39.0 Å². The fraction of sp³-hybridized carbons (Fsp3) is 0.692. The highest BCUT2D eigenvalue weighted by Crippen LogP contribution is 2.26. The van der Waals surface area contributed by atoms with E-state index in [0.717, 1.165) is 38.6 Å². The number of rotatable bonds is 6. The summed E-state index contributed by atoms with van der Waals surface area (Å²) in [5, 5.41) is 3.03. The van der Waals surface area contributed by atoms with E-state index in [0.29, 0.717) is 5.95 Å². The van der Waals surface area contributed by atoms with Gasteiger partial charge in [-0.05, 0) is 19.3 Å². The Morgan fingerprint density at radius 1 is 1.30 bits per heavy atom. The molecule has 0 radical (unpaired) electrons. The first kappa shape index (κ1) is 15.2. The lowest BCUT2D eigenvalue weighted by atomic mass is 10.3. The molecule has 7 heteroatoms. The van der Waals surface area contributed by atoms with E-state index in [-0.39, 0.29) is 10.9 Å². The summed E-state index contributed by atoms with van der Waals surface area (Å²) >= 11 is 0. The second-order valence-electron chi connectivity index (χ2n) is 5.13. The van der Waals surface area contributed by atoms with Crippen LogP contribution in [0.2, 0.25) is 0 Å². The fourth-order valence-corrected chi connectivity index (χ4v) is 3.72. The van der Waals surface area contributed by atoms with Crippen molar-refractivity contribution in [1.29, 1.82) is 0 Å². The molecule has 0 amide bonds. The summed E-state index contributed by atoms with van der Waals surface area (Å²) < 4.78 is 26.4. The van der Waals surface area contributed by atoms with Gasteiger partial charge in [-0.3, -0.25) is 0 Å². The maximum atomic E-state index is 12.5. The molecule has 20 heavy (non-hydrogen) atoms. The second kappa shape index (κ2) is 6.49. The van der Waals surface area contributed by atoms with Gasteiger partial charge in [0.1, 0.15) is 4.90 Å². The van der Waals surface area contributed by atoms with Crippen LogP contribution in [-0.4, -0.2) is 42.3 Å². The van der Waals surface area contributed by atoms with Crippen LogP contribution in [0.5, 0.6) is 0 Å². The van der Waals surface area contributed by atoms with Crippen molar-refractivity contribution in [1.82, 2.24) is 14.3 Å². The highest BCUT2D eigenvalue weighted by atomic mass is 32.2. The van der Waals surface area contributed by atoms with Gasteiger partial charge in [-0.2, -0.15) is 4.31 Å². The van der Waals surface area contributed by atoms with Crippen LogP contribution in [0.15, 0.2) is 17.3 Å². The van der Waals surface area contributed by atoms with Gasteiger partial charge >= 0.3 is 0 Å². The molecule has 1 aromatic rings. The number of anilines is 1. The Hall–Kier alpha value is -1.21. The number of hydrogen-bond donors (Lipinski definition) is 1. The summed E-state index contributed by atoms with van der Waals surface area (Å²) in [6.45, 7) is 2.82. The van der Waals surface area contributed by atoms with E-state index in [1.807, 2.05) is 6.92 Å². The zero-order valence-corrected chi connectivity index (χ0v) is 12.9. The van der Waals surface area contributed by atoms with Crippen molar-refractivity contribution in [2.24, 2.45) is 0 Å². The molecular formula is C13H22N4O2S. The largest absolute Gasteiger partial charge is 0.354 e. The smallest absolute Gasteiger partial charge is 0.246 e. The topological polar surface area (TPSA) is 75.2 Å². The van der Waals surface area contributed by atoms with Crippen LogP contribution in [0, 0.1) is 0 Å². The monoisotopic (exact) mass is 298 g/mol. The Labute approximate surface area is 120 Å². The minimum Gasteiger partial charge on any atom is -0.354 e. The van der Waals surface area contributed by atoms with Gasteiger partial charge in [-0.15, -0.1) is 0 Å². The standard InChI is InChI=1S/C13H22N4O2S/c1-3-8-14-13-15-9-12(10-16-13)20(18,19)17(2)11-6-4-5-7-11/h9-11H,3-8H2,1-2H3,(H,14,15,16). The number of nitrogens with one attached hydrogen (secondary N) is 1. The van der Waals surface area contributed by atoms with Crippen LogP contribution < -0.4 is 5.32 Å². The first-order valence-corrected chi connectivity index (χ1v) is 8.53. The third-order valence-corrected chi connectivity index (χ3v) is 5.54. The molecule has 1 aliphatic carbocycles. The molecule has 1 saturated carbocycles. The Balaban J connectivity index is 2.12. The van der Waals surface area contributed by atoms with Gasteiger partial charge in [0.25, 0.3) is 0 Å². The Morgan fingerprint density at radius 3 is 2.45 bits per heavy atom. The SMILES string of the molecule is CCCNc1ncc(S(=O)(=O)N(C)C2CCCC2)cn1. The van der Waals surface area contributed by atoms with Crippen molar-refractivity contribution in [3.63, 3.8) is 0 Å². The van der Waals surface area contributed by atoms with E-state index in [4.69, 9.17) is 0 Å². The van der Waals surface area contributed by atoms with Crippen LogP contribution in [0.3, 0.4) is 0 Å². The molecule has 1 N–H and O–H groups in total. The zero-order valence-electron chi connectivity index (χ0n) is 12.0. The van der Waals surface area contributed by atoms with Crippen molar-refractivity contribution in [2.45, 2.75) is 50.0 Å². The van der Waals surface area contributed by atoms with Crippen LogP contribution in [0.25, 0.3) is 0 Å². The van der Waals surface area contributed by atoms with E-state index >= 15 is 0 Å². The maximum Gasteiger partial charge on any atom is 0.246 e. The molecule has 1 fully saturated rings. The Kier molecular flexibility index (Phi) is 4.93. The fourth-order valence-electron chi connectivity index (χ4n) is 2.41. The summed E-state index contributed by atoms with van der Waals surface area (Å²) in [6.07, 6.45) is 7.80. The average Bonchev–Trinajstić information content (AvgIpc) is 2.98. The normalized spacial score (nSPS) is 16.8. The molecule has 0 unspecified atom stereocenters. The molecule has 2 rings (SSSR count). The molecule has 0 aliphatic heterocycles. The summed E-state index contributed by atoms with van der Waals surface area (Å²) in [5.74, 6) is 0.467. The molecule has 0 aromatic carbocycles. The molecule has 112 valence electrons. The van der Waals surface area contributed by atoms with Gasteiger partial charge in [0.2, 0.25) is 16.0 Å². The van der Waals surface area contributed by atoms with Gasteiger partial charge in [0.05, 0.1) is 12.4 Å². The van der Waals surface area contributed by atoms with Gasteiger partial charge in [-0.1, -0.05) is 19.8 Å². The molecule has 1 aliphatic rings. The third kappa shape index (κ3) is 3.27. The van der Waals surface area contributed by atoms with Gasteiger partial charge in [-0.25, -0.2) is 18.4 Å². The zero-order chi connectivity index (χ0) is 14.6. The van der Waals surface area contributed by atoms with Crippen molar-refractivity contribution >= 4 is 16.0 Å². The van der Waals surface area contributed by atoms with Gasteiger partial charge in [0, 0.05) is 19.6 Å². The number of aromatic nitrogens is 2. The summed E-state index contributed by atoms with van der Waals surface area (Å²) in [5.41, 5.74) is 0. The summed E-state index contributed by atoms with van der Waals surface area (Å²) in [4.78, 5) is 8.29. The number of sulfonamides is 1. The van der Waals surface area contributed by atoms with Crippen LogP contribution in [0.4, 0.5) is 5.95 Å². The maximum absolute atomic E-state index is 12.5. The predicted octanol–water partition coefficient (Wildman–Crippen LogP) is 1.86. The Bertz CT molecular complexity index is 524. The van der Waals surface area contributed by atoms with E-state index < -0.39 is 10.0 Å². The molecule has 0 spiro atoms. The minimum atomic E-state index is -3.48. The van der Waals surface area contributed by atoms with Crippen molar-refractivity contribution < 1.29 is 8.42 Å². The minimum absolute atomic E-state index is 0.109. The summed E-state index contributed by atoms with van der Waals surface area (Å²) in [7, 11) is -1.83. The molecule has 0 saturated heterocycles. The third-order valence-electron chi connectivity index (χ3n) is 3.68. The molecule has 0 bridgehead atoms. The first-order valence-electron chi connectivity index (χ1n) is 7.09. The Morgan fingerprint density at radius 2 is 1.90 bits per heavy atom. The lowest BCUT2D eigenvalue weighted by Gasteiger charge is -2.23. The molecule has 0 atom stereocenters. The molecule has 1 aromatic heterocycles. The number of nitrogens with zero attached hydrogens (tertiary/aromatic N) is 3. The van der Waals surface area contributed by atoms with Crippen molar-refractivity contribution in [2.75, 3.05) is 18.9 Å². The van der Waals surface area contributed by atoms with Crippen molar-refractivity contribution in [3.8, 4) is 0 Å². The van der Waals surface area contributed by atoms with Crippen LogP contribution in [-0.2, 0) is 10.0 Å². The van der Waals surface area contributed by atoms with E-state index in [1.165, 1.54) is 16.7 Å².